The van der Waals surface area contributed by atoms with Crippen molar-refractivity contribution >= 4 is 11.6 Å². The summed E-state index contributed by atoms with van der Waals surface area (Å²) in [6.45, 7) is 11.9. The van der Waals surface area contributed by atoms with Gasteiger partial charge >= 0.3 is 0 Å². The van der Waals surface area contributed by atoms with E-state index in [1.165, 1.54) is 5.56 Å². The molecule has 1 amide bonds. The fourth-order valence-electron chi connectivity index (χ4n) is 3.43. The lowest BCUT2D eigenvalue weighted by atomic mass is 10.1. The topological polar surface area (TPSA) is 63.9 Å². The molecule has 0 aliphatic carbocycles. The van der Waals surface area contributed by atoms with Crippen LogP contribution in [0, 0.1) is 41.5 Å². The number of carbonyl (C=O) groups excluding carboxylic acids is 1. The number of nitrogens with zero attached hydrogens (tertiary/aromatic N) is 5. The van der Waals surface area contributed by atoms with E-state index in [9.17, 15) is 4.79 Å². The number of benzene rings is 1. The third-order valence-corrected chi connectivity index (χ3v) is 5.24. The molecule has 0 bridgehead atoms. The van der Waals surface area contributed by atoms with Crippen LogP contribution in [0.3, 0.4) is 0 Å². The third-order valence-electron chi connectivity index (χ3n) is 5.24. The Morgan fingerprint density at radius 2 is 1.68 bits per heavy atom. The van der Waals surface area contributed by atoms with E-state index in [2.05, 4.69) is 28.1 Å². The Labute approximate surface area is 166 Å². The zero-order chi connectivity index (χ0) is 20.6. The van der Waals surface area contributed by atoms with Gasteiger partial charge in [-0.15, -0.1) is 0 Å². The van der Waals surface area contributed by atoms with Gasteiger partial charge < -0.3 is 4.90 Å². The molecule has 3 aromatic rings. The van der Waals surface area contributed by atoms with Crippen molar-refractivity contribution in [2.45, 2.75) is 48.0 Å². The fourth-order valence-corrected chi connectivity index (χ4v) is 3.43. The van der Waals surface area contributed by atoms with Gasteiger partial charge in [0.05, 0.1) is 12.1 Å². The monoisotopic (exact) mass is 377 g/mol. The van der Waals surface area contributed by atoms with E-state index in [0.29, 0.717) is 5.95 Å². The first kappa shape index (κ1) is 19.7. The largest absolute Gasteiger partial charge is 0.315 e. The second-order valence-corrected chi connectivity index (χ2v) is 7.36. The number of carbonyl (C=O) groups is 1. The number of likely N-dealkylation sites (N-methyl/N-ethyl adjacent to an activating group) is 1. The normalized spacial score (nSPS) is 11.0. The summed E-state index contributed by atoms with van der Waals surface area (Å²) < 4.78 is 1.73. The molecule has 0 saturated heterocycles. The minimum Gasteiger partial charge on any atom is -0.315 e. The molecule has 0 spiro atoms. The fraction of sp³-hybridized carbons (Fsp3) is 0.364. The second-order valence-electron chi connectivity index (χ2n) is 7.36. The van der Waals surface area contributed by atoms with Gasteiger partial charge in [0, 0.05) is 35.4 Å². The quantitative estimate of drug-likeness (QED) is 0.695. The van der Waals surface area contributed by atoms with Crippen LogP contribution in [0.4, 0.5) is 5.69 Å². The van der Waals surface area contributed by atoms with Crippen molar-refractivity contribution in [2.75, 3.05) is 11.9 Å². The van der Waals surface area contributed by atoms with Gasteiger partial charge in [-0.3, -0.25) is 4.79 Å². The smallest absolute Gasteiger partial charge is 0.251 e. The average Bonchev–Trinajstić information content (AvgIpc) is 2.91. The van der Waals surface area contributed by atoms with E-state index in [1.807, 2.05) is 59.9 Å². The van der Waals surface area contributed by atoms with Crippen molar-refractivity contribution in [3.63, 3.8) is 0 Å². The first-order valence-corrected chi connectivity index (χ1v) is 9.39. The molecule has 1 aromatic carbocycles. The maximum atomic E-state index is 13.0. The molecule has 0 atom stereocenters. The molecule has 3 rings (SSSR count). The lowest BCUT2D eigenvalue weighted by molar-refractivity contribution is -0.117. The highest BCUT2D eigenvalue weighted by molar-refractivity contribution is 5.95. The Morgan fingerprint density at radius 1 is 1.04 bits per heavy atom. The molecule has 0 aliphatic rings. The van der Waals surface area contributed by atoms with E-state index in [4.69, 9.17) is 0 Å². The van der Waals surface area contributed by atoms with Crippen LogP contribution in [0.5, 0.6) is 0 Å². The molecule has 0 radical (unpaired) electrons. The highest BCUT2D eigenvalue weighted by atomic mass is 16.2. The second kappa shape index (κ2) is 7.54. The van der Waals surface area contributed by atoms with Crippen LogP contribution in [0.1, 0.15) is 39.5 Å². The predicted octanol–water partition coefficient (Wildman–Crippen LogP) is 3.72. The van der Waals surface area contributed by atoms with Gasteiger partial charge in [-0.2, -0.15) is 5.10 Å². The average molecular weight is 377 g/mol. The number of anilines is 1. The van der Waals surface area contributed by atoms with Crippen molar-refractivity contribution < 1.29 is 4.79 Å². The first-order chi connectivity index (χ1) is 13.2. The molecule has 2 aromatic heterocycles. The van der Waals surface area contributed by atoms with Crippen LogP contribution in [-0.2, 0) is 11.2 Å². The molecule has 0 unspecified atom stereocenters. The highest BCUT2D eigenvalue weighted by Gasteiger charge is 2.21. The van der Waals surface area contributed by atoms with Crippen molar-refractivity contribution in [3.05, 3.63) is 63.7 Å². The number of aryl methyl sites for hydroxylation is 4. The van der Waals surface area contributed by atoms with Crippen molar-refractivity contribution in [1.29, 1.82) is 0 Å². The Balaban J connectivity index is 1.91. The predicted molar refractivity (Wildman–Crippen MR) is 111 cm³/mol. The molecular weight excluding hydrogens is 350 g/mol. The van der Waals surface area contributed by atoms with E-state index in [-0.39, 0.29) is 12.3 Å². The zero-order valence-corrected chi connectivity index (χ0v) is 17.7. The molecule has 0 fully saturated rings. The summed E-state index contributed by atoms with van der Waals surface area (Å²) in [4.78, 5) is 23.7. The van der Waals surface area contributed by atoms with Crippen LogP contribution in [-0.4, -0.2) is 32.7 Å². The summed E-state index contributed by atoms with van der Waals surface area (Å²) in [5, 5.41) is 4.60. The van der Waals surface area contributed by atoms with E-state index >= 15 is 0 Å². The first-order valence-electron chi connectivity index (χ1n) is 9.39. The van der Waals surface area contributed by atoms with Gasteiger partial charge in [0.2, 0.25) is 5.91 Å². The number of aromatic nitrogens is 4. The summed E-state index contributed by atoms with van der Waals surface area (Å²) in [6, 6.07) is 7.94. The van der Waals surface area contributed by atoms with E-state index < -0.39 is 0 Å². The Hall–Kier alpha value is -3.02. The molecular formula is C22H27N5O. The summed E-state index contributed by atoms with van der Waals surface area (Å²) in [7, 11) is 1.83. The molecule has 2 heterocycles. The van der Waals surface area contributed by atoms with Crippen LogP contribution in [0.25, 0.3) is 5.95 Å². The lowest BCUT2D eigenvalue weighted by Gasteiger charge is -2.20. The summed E-state index contributed by atoms with van der Waals surface area (Å²) in [5.74, 6) is 0.570. The van der Waals surface area contributed by atoms with Gasteiger partial charge in [-0.1, -0.05) is 12.1 Å². The standard InChI is InChI=1S/C22H27N5O/c1-13-9-8-10-20(16(13)4)26(7)21(28)12-19-17(5)25-27(18(19)6)22-23-14(2)11-15(3)24-22/h8-11H,12H2,1-7H3. The van der Waals surface area contributed by atoms with Gasteiger partial charge in [-0.25, -0.2) is 14.6 Å². The molecule has 146 valence electrons. The van der Waals surface area contributed by atoms with Gasteiger partial charge in [0.15, 0.2) is 0 Å². The summed E-state index contributed by atoms with van der Waals surface area (Å²) >= 11 is 0. The van der Waals surface area contributed by atoms with E-state index in [0.717, 1.165) is 39.6 Å². The Morgan fingerprint density at radius 3 is 2.32 bits per heavy atom. The third kappa shape index (κ3) is 3.67. The molecule has 6 heteroatoms. The van der Waals surface area contributed by atoms with Crippen LogP contribution >= 0.6 is 0 Å². The number of rotatable bonds is 4. The maximum Gasteiger partial charge on any atom is 0.251 e. The Bertz CT molecular complexity index is 1030. The van der Waals surface area contributed by atoms with Gasteiger partial charge in [0.25, 0.3) is 5.95 Å². The maximum absolute atomic E-state index is 13.0. The van der Waals surface area contributed by atoms with Crippen molar-refractivity contribution in [1.82, 2.24) is 19.7 Å². The van der Waals surface area contributed by atoms with Crippen LogP contribution in [0.2, 0.25) is 0 Å². The van der Waals surface area contributed by atoms with Crippen LogP contribution in [0.15, 0.2) is 24.3 Å². The van der Waals surface area contributed by atoms with Gasteiger partial charge in [0.1, 0.15) is 0 Å². The molecule has 6 nitrogen and oxygen atoms in total. The van der Waals surface area contributed by atoms with Crippen LogP contribution < -0.4 is 4.90 Å². The molecule has 28 heavy (non-hydrogen) atoms. The molecule has 0 aliphatic heterocycles. The summed E-state index contributed by atoms with van der Waals surface area (Å²) in [6.07, 6.45) is 0.284. The van der Waals surface area contributed by atoms with Crippen molar-refractivity contribution in [2.24, 2.45) is 0 Å². The highest BCUT2D eigenvalue weighted by Crippen LogP contribution is 2.24. The number of amides is 1. The van der Waals surface area contributed by atoms with Crippen molar-refractivity contribution in [3.8, 4) is 5.95 Å². The van der Waals surface area contributed by atoms with Gasteiger partial charge in [-0.05, 0) is 64.8 Å². The summed E-state index contributed by atoms with van der Waals surface area (Å²) in [5.41, 5.74) is 7.64. The SMILES string of the molecule is Cc1cc(C)nc(-n2nc(C)c(CC(=O)N(C)c3cccc(C)c3C)c2C)n1. The number of hydrogen-bond donors (Lipinski definition) is 0. The zero-order valence-electron chi connectivity index (χ0n) is 17.7. The van der Waals surface area contributed by atoms with E-state index in [1.54, 1.807) is 9.58 Å². The Kier molecular flexibility index (Phi) is 5.31. The molecule has 0 saturated carbocycles. The molecule has 0 N–H and O–H groups in total. The number of hydrogen-bond acceptors (Lipinski definition) is 4. The lowest BCUT2D eigenvalue weighted by Crippen LogP contribution is -2.29. The minimum atomic E-state index is 0.0285. The minimum absolute atomic E-state index is 0.0285.